The van der Waals surface area contributed by atoms with Gasteiger partial charge < -0.3 is 5.32 Å². The molecule has 14 heavy (non-hydrogen) atoms. The molecule has 1 unspecified atom stereocenters. The molecule has 1 saturated carbocycles. The Labute approximate surface area is 83.1 Å². The molecule has 84 valence electrons. The van der Waals surface area contributed by atoms with Gasteiger partial charge in [0.05, 0.1) is 0 Å². The highest BCUT2D eigenvalue weighted by Crippen LogP contribution is 2.28. The lowest BCUT2D eigenvalue weighted by Crippen LogP contribution is -2.28. The Hall–Kier alpha value is -0.250. The van der Waals surface area contributed by atoms with Crippen molar-refractivity contribution in [1.29, 1.82) is 0 Å². The monoisotopic (exact) mass is 209 g/mol. The summed E-state index contributed by atoms with van der Waals surface area (Å²) in [6.07, 6.45) is -1.22. The fourth-order valence-corrected chi connectivity index (χ4v) is 1.40. The fraction of sp³-hybridized carbons (Fsp3) is 1.00. The predicted molar refractivity (Wildman–Crippen MR) is 50.1 cm³/mol. The van der Waals surface area contributed by atoms with Crippen LogP contribution >= 0.6 is 0 Å². The number of hydrogen-bond acceptors (Lipinski definition) is 1. The van der Waals surface area contributed by atoms with E-state index in [2.05, 4.69) is 5.32 Å². The normalized spacial score (nSPS) is 19.7. The minimum absolute atomic E-state index is 0.220. The molecule has 0 bridgehead atoms. The third kappa shape index (κ3) is 6.24. The zero-order valence-electron chi connectivity index (χ0n) is 8.53. The van der Waals surface area contributed by atoms with Crippen molar-refractivity contribution < 1.29 is 13.2 Å². The van der Waals surface area contributed by atoms with E-state index in [-0.39, 0.29) is 12.5 Å². The second-order valence-corrected chi connectivity index (χ2v) is 4.26. The first-order valence-electron chi connectivity index (χ1n) is 5.27. The van der Waals surface area contributed by atoms with Crippen molar-refractivity contribution in [2.24, 2.45) is 5.92 Å². The highest BCUT2D eigenvalue weighted by atomic mass is 19.4. The number of rotatable bonds is 6. The first kappa shape index (κ1) is 11.8. The van der Waals surface area contributed by atoms with Gasteiger partial charge in [-0.2, -0.15) is 13.2 Å². The largest absolute Gasteiger partial charge is 0.389 e. The molecule has 0 saturated heterocycles. The minimum atomic E-state index is -3.99. The van der Waals surface area contributed by atoms with Gasteiger partial charge in [-0.1, -0.05) is 0 Å². The van der Waals surface area contributed by atoms with E-state index in [1.54, 1.807) is 0 Å². The zero-order valence-corrected chi connectivity index (χ0v) is 8.53. The van der Waals surface area contributed by atoms with E-state index in [4.69, 9.17) is 0 Å². The van der Waals surface area contributed by atoms with E-state index in [0.29, 0.717) is 6.42 Å². The van der Waals surface area contributed by atoms with Crippen LogP contribution in [-0.2, 0) is 0 Å². The highest BCUT2D eigenvalue weighted by molar-refractivity contribution is 4.76. The molecule has 0 amide bonds. The number of hydrogen-bond donors (Lipinski definition) is 1. The summed E-state index contributed by atoms with van der Waals surface area (Å²) in [5.41, 5.74) is 0. The summed E-state index contributed by atoms with van der Waals surface area (Å²) < 4.78 is 35.4. The summed E-state index contributed by atoms with van der Waals surface area (Å²) >= 11 is 0. The smallest absolute Gasteiger partial charge is 0.314 e. The maximum atomic E-state index is 11.8. The van der Waals surface area contributed by atoms with Crippen molar-refractivity contribution in [1.82, 2.24) is 5.32 Å². The van der Waals surface area contributed by atoms with Crippen molar-refractivity contribution in [3.8, 4) is 0 Å². The van der Waals surface area contributed by atoms with Crippen LogP contribution in [0, 0.1) is 5.92 Å². The Bertz CT molecular complexity index is 163. The van der Waals surface area contributed by atoms with Crippen molar-refractivity contribution in [2.75, 3.05) is 6.54 Å². The Morgan fingerprint density at radius 1 is 1.36 bits per heavy atom. The maximum Gasteiger partial charge on any atom is 0.389 e. The zero-order chi connectivity index (χ0) is 10.6. The van der Waals surface area contributed by atoms with Crippen molar-refractivity contribution >= 4 is 0 Å². The summed E-state index contributed by atoms with van der Waals surface area (Å²) in [4.78, 5) is 0. The molecule has 1 nitrogen and oxygen atoms in total. The first-order valence-corrected chi connectivity index (χ1v) is 5.27. The van der Waals surface area contributed by atoms with Gasteiger partial charge in [-0.05, 0) is 45.1 Å². The van der Waals surface area contributed by atoms with Crippen LogP contribution in [0.1, 0.15) is 39.0 Å². The summed E-state index contributed by atoms with van der Waals surface area (Å²) in [5, 5.41) is 3.26. The molecule has 0 aliphatic heterocycles. The topological polar surface area (TPSA) is 12.0 Å². The predicted octanol–water partition coefficient (Wildman–Crippen LogP) is 3.11. The van der Waals surface area contributed by atoms with E-state index in [1.165, 1.54) is 12.8 Å². The SMILES string of the molecule is CC(CCCC(F)(F)F)NCC1CC1. The maximum absolute atomic E-state index is 11.8. The summed E-state index contributed by atoms with van der Waals surface area (Å²) in [5.74, 6) is 0.792. The number of nitrogens with one attached hydrogen (secondary N) is 1. The summed E-state index contributed by atoms with van der Waals surface area (Å²) in [7, 11) is 0. The van der Waals surface area contributed by atoms with Crippen molar-refractivity contribution in [2.45, 2.75) is 51.2 Å². The molecule has 0 radical (unpaired) electrons. The first-order chi connectivity index (χ1) is 6.47. The van der Waals surface area contributed by atoms with Crippen LogP contribution in [0.5, 0.6) is 0 Å². The van der Waals surface area contributed by atoms with Gasteiger partial charge in [0.1, 0.15) is 0 Å². The van der Waals surface area contributed by atoms with Gasteiger partial charge in [0.2, 0.25) is 0 Å². The van der Waals surface area contributed by atoms with Crippen LogP contribution in [0.3, 0.4) is 0 Å². The standard InChI is InChI=1S/C10H18F3N/c1-8(14-7-9-4-5-9)3-2-6-10(11,12)13/h8-9,14H,2-7H2,1H3. The number of alkyl halides is 3. The molecule has 0 aromatic heterocycles. The molecule has 4 heteroatoms. The summed E-state index contributed by atoms with van der Waals surface area (Å²) in [6.45, 7) is 2.94. The third-order valence-corrected chi connectivity index (χ3v) is 2.55. The fourth-order valence-electron chi connectivity index (χ4n) is 1.40. The Morgan fingerprint density at radius 2 is 2.00 bits per heavy atom. The van der Waals surface area contributed by atoms with Crippen LogP contribution in [0.25, 0.3) is 0 Å². The molecule has 1 rings (SSSR count). The van der Waals surface area contributed by atoms with Crippen LogP contribution in [0.15, 0.2) is 0 Å². The second-order valence-electron chi connectivity index (χ2n) is 4.26. The van der Waals surface area contributed by atoms with Crippen molar-refractivity contribution in [3.63, 3.8) is 0 Å². The molecule has 1 N–H and O–H groups in total. The van der Waals surface area contributed by atoms with Crippen molar-refractivity contribution in [3.05, 3.63) is 0 Å². The van der Waals surface area contributed by atoms with E-state index in [9.17, 15) is 13.2 Å². The molecule has 0 spiro atoms. The molecule has 0 aromatic rings. The van der Waals surface area contributed by atoms with E-state index < -0.39 is 12.6 Å². The average Bonchev–Trinajstić information content (AvgIpc) is 2.81. The van der Waals surface area contributed by atoms with Gasteiger partial charge in [-0.25, -0.2) is 0 Å². The molecule has 1 aliphatic rings. The van der Waals surface area contributed by atoms with Gasteiger partial charge in [0.25, 0.3) is 0 Å². The highest BCUT2D eigenvalue weighted by Gasteiger charge is 2.26. The lowest BCUT2D eigenvalue weighted by molar-refractivity contribution is -0.135. The van der Waals surface area contributed by atoms with E-state index in [1.807, 2.05) is 6.92 Å². The Morgan fingerprint density at radius 3 is 2.50 bits per heavy atom. The molecule has 0 aromatic carbocycles. The van der Waals surface area contributed by atoms with Gasteiger partial charge in [-0.15, -0.1) is 0 Å². The Kier molecular flexibility index (Phi) is 4.23. The Balaban J connectivity index is 1.93. The second kappa shape index (κ2) is 5.01. The quantitative estimate of drug-likeness (QED) is 0.708. The average molecular weight is 209 g/mol. The lowest BCUT2D eigenvalue weighted by atomic mass is 10.1. The third-order valence-electron chi connectivity index (χ3n) is 2.55. The lowest BCUT2D eigenvalue weighted by Gasteiger charge is -2.13. The summed E-state index contributed by atoms with van der Waals surface area (Å²) in [6, 6.07) is 0.220. The van der Waals surface area contributed by atoms with Gasteiger partial charge in [0.15, 0.2) is 0 Å². The van der Waals surface area contributed by atoms with Gasteiger partial charge in [0, 0.05) is 12.5 Å². The number of halogens is 3. The van der Waals surface area contributed by atoms with E-state index in [0.717, 1.165) is 12.5 Å². The van der Waals surface area contributed by atoms with E-state index >= 15 is 0 Å². The molecule has 0 heterocycles. The van der Waals surface area contributed by atoms with Crippen LogP contribution in [-0.4, -0.2) is 18.8 Å². The van der Waals surface area contributed by atoms with Crippen LogP contribution in [0.2, 0.25) is 0 Å². The molecular formula is C10H18F3N. The molecule has 1 aliphatic carbocycles. The minimum Gasteiger partial charge on any atom is -0.314 e. The molecule has 1 atom stereocenters. The van der Waals surface area contributed by atoms with Crippen LogP contribution in [0.4, 0.5) is 13.2 Å². The molecule has 1 fully saturated rings. The van der Waals surface area contributed by atoms with Gasteiger partial charge in [-0.3, -0.25) is 0 Å². The molecular weight excluding hydrogens is 191 g/mol. The van der Waals surface area contributed by atoms with Gasteiger partial charge >= 0.3 is 6.18 Å². The van der Waals surface area contributed by atoms with Crippen LogP contribution < -0.4 is 5.32 Å².